The van der Waals surface area contributed by atoms with Crippen LogP contribution in [0.1, 0.15) is 5.56 Å². The van der Waals surface area contributed by atoms with Crippen LogP contribution in [0.3, 0.4) is 0 Å². The number of amides is 1. The van der Waals surface area contributed by atoms with E-state index < -0.39 is 24.9 Å². The number of methoxy groups -OCH3 is 2. The first-order valence-corrected chi connectivity index (χ1v) is 5.97. The van der Waals surface area contributed by atoms with Gasteiger partial charge in [-0.25, -0.2) is 8.78 Å². The molecule has 3 N–H and O–H groups in total. The molecule has 1 amide bonds. The molecule has 0 aliphatic carbocycles. The van der Waals surface area contributed by atoms with Gasteiger partial charge in [-0.15, -0.1) is 0 Å². The van der Waals surface area contributed by atoms with E-state index in [9.17, 15) is 13.6 Å². The van der Waals surface area contributed by atoms with Gasteiger partial charge in [0.1, 0.15) is 11.5 Å². The van der Waals surface area contributed by atoms with Crippen LogP contribution in [0.2, 0.25) is 0 Å². The number of hydrogen-bond donors (Lipinski definition) is 2. The number of hydrogen-bond acceptors (Lipinski definition) is 4. The second kappa shape index (κ2) is 7.04. The van der Waals surface area contributed by atoms with Gasteiger partial charge in [-0.05, 0) is 18.2 Å². The average molecular weight is 288 g/mol. The van der Waals surface area contributed by atoms with Gasteiger partial charge in [0.2, 0.25) is 5.91 Å². The number of carbonyl (C=O) groups excluding carboxylic acids is 1. The van der Waals surface area contributed by atoms with Crippen molar-refractivity contribution in [3.8, 4) is 11.5 Å². The Labute approximate surface area is 116 Å². The van der Waals surface area contributed by atoms with Gasteiger partial charge >= 0.3 is 0 Å². The highest BCUT2D eigenvalue weighted by atomic mass is 19.3. The minimum absolute atomic E-state index is 0.0823. The van der Waals surface area contributed by atoms with Crippen molar-refractivity contribution in [1.82, 2.24) is 5.32 Å². The second-order valence-corrected chi connectivity index (χ2v) is 4.19. The maximum atomic E-state index is 12.9. The molecule has 7 heteroatoms. The Hall–Kier alpha value is -1.89. The summed E-state index contributed by atoms with van der Waals surface area (Å²) in [5.74, 6) is -2.59. The summed E-state index contributed by atoms with van der Waals surface area (Å²) in [4.78, 5) is 11.7. The smallest absolute Gasteiger partial charge is 0.277 e. The Balaban J connectivity index is 2.70. The quantitative estimate of drug-likeness (QED) is 0.783. The SMILES string of the molecule is COc1ccc(OC)c(CC(=O)NCC(F)(F)CN)c1. The lowest BCUT2D eigenvalue weighted by Crippen LogP contribution is -2.42. The summed E-state index contributed by atoms with van der Waals surface area (Å²) < 4.78 is 36.0. The zero-order chi connectivity index (χ0) is 15.2. The van der Waals surface area contributed by atoms with Crippen LogP contribution < -0.4 is 20.5 Å². The normalized spacial score (nSPS) is 11.1. The van der Waals surface area contributed by atoms with E-state index in [4.69, 9.17) is 15.2 Å². The molecule has 1 aromatic carbocycles. The lowest BCUT2D eigenvalue weighted by atomic mass is 10.1. The van der Waals surface area contributed by atoms with Gasteiger partial charge in [-0.1, -0.05) is 0 Å². The van der Waals surface area contributed by atoms with Gasteiger partial charge in [0.15, 0.2) is 0 Å². The standard InChI is InChI=1S/C13H18F2N2O3/c1-19-10-3-4-11(20-2)9(5-10)6-12(18)17-8-13(14,15)7-16/h3-5H,6-8,16H2,1-2H3,(H,17,18). The van der Waals surface area contributed by atoms with Crippen LogP contribution >= 0.6 is 0 Å². The highest BCUT2D eigenvalue weighted by Gasteiger charge is 2.27. The van der Waals surface area contributed by atoms with E-state index in [0.717, 1.165) is 0 Å². The fraction of sp³-hybridized carbons (Fsp3) is 0.462. The van der Waals surface area contributed by atoms with E-state index in [1.165, 1.54) is 14.2 Å². The summed E-state index contributed by atoms with van der Waals surface area (Å²) in [6, 6.07) is 4.96. The Morgan fingerprint density at radius 1 is 1.35 bits per heavy atom. The summed E-state index contributed by atoms with van der Waals surface area (Å²) >= 11 is 0. The van der Waals surface area contributed by atoms with E-state index in [1.54, 1.807) is 18.2 Å². The van der Waals surface area contributed by atoms with E-state index >= 15 is 0 Å². The van der Waals surface area contributed by atoms with Crippen LogP contribution in [0.15, 0.2) is 18.2 Å². The number of nitrogens with two attached hydrogens (primary N) is 1. The van der Waals surface area contributed by atoms with Crippen molar-refractivity contribution in [3.05, 3.63) is 23.8 Å². The molecule has 0 heterocycles. The van der Waals surface area contributed by atoms with Crippen LogP contribution in [0, 0.1) is 0 Å². The molecule has 0 radical (unpaired) electrons. The molecule has 0 aromatic heterocycles. The molecule has 0 aliphatic heterocycles. The van der Waals surface area contributed by atoms with Crippen LogP contribution in [-0.2, 0) is 11.2 Å². The zero-order valence-electron chi connectivity index (χ0n) is 11.4. The number of halogens is 2. The molecule has 1 aromatic rings. The molecule has 0 saturated heterocycles. The van der Waals surface area contributed by atoms with Crippen molar-refractivity contribution < 1.29 is 23.0 Å². The molecule has 0 atom stereocenters. The maximum Gasteiger partial charge on any atom is 0.277 e. The maximum absolute atomic E-state index is 12.9. The van der Waals surface area contributed by atoms with E-state index in [0.29, 0.717) is 17.1 Å². The van der Waals surface area contributed by atoms with E-state index in [2.05, 4.69) is 5.32 Å². The van der Waals surface area contributed by atoms with Crippen molar-refractivity contribution in [2.75, 3.05) is 27.3 Å². The Bertz CT molecular complexity index is 467. The van der Waals surface area contributed by atoms with Gasteiger partial charge in [-0.2, -0.15) is 0 Å². The summed E-state index contributed by atoms with van der Waals surface area (Å²) in [7, 11) is 2.96. The van der Waals surface area contributed by atoms with Crippen LogP contribution in [0.25, 0.3) is 0 Å². The van der Waals surface area contributed by atoms with Crippen molar-refractivity contribution in [3.63, 3.8) is 0 Å². The highest BCUT2D eigenvalue weighted by molar-refractivity contribution is 5.79. The van der Waals surface area contributed by atoms with Gasteiger partial charge < -0.3 is 20.5 Å². The second-order valence-electron chi connectivity index (χ2n) is 4.19. The topological polar surface area (TPSA) is 73.6 Å². The summed E-state index contributed by atoms with van der Waals surface area (Å²) in [6.07, 6.45) is -0.0823. The fourth-order valence-electron chi connectivity index (χ4n) is 1.56. The minimum atomic E-state index is -3.10. The molecule has 0 aliphatic rings. The fourth-order valence-corrected chi connectivity index (χ4v) is 1.56. The number of ether oxygens (including phenoxy) is 2. The summed E-state index contributed by atoms with van der Waals surface area (Å²) in [5.41, 5.74) is 5.45. The first-order chi connectivity index (χ1) is 9.41. The van der Waals surface area contributed by atoms with Crippen LogP contribution in [0.5, 0.6) is 11.5 Å². The third-order valence-electron chi connectivity index (χ3n) is 2.68. The predicted octanol–water partition coefficient (Wildman–Crippen LogP) is 0.956. The van der Waals surface area contributed by atoms with Crippen molar-refractivity contribution in [2.24, 2.45) is 5.73 Å². The van der Waals surface area contributed by atoms with Gasteiger partial charge in [0.05, 0.1) is 33.7 Å². The predicted molar refractivity (Wildman–Crippen MR) is 70.3 cm³/mol. The largest absolute Gasteiger partial charge is 0.497 e. The van der Waals surface area contributed by atoms with Crippen LogP contribution in [0.4, 0.5) is 8.78 Å². The van der Waals surface area contributed by atoms with Crippen molar-refractivity contribution >= 4 is 5.91 Å². The minimum Gasteiger partial charge on any atom is -0.497 e. The lowest BCUT2D eigenvalue weighted by Gasteiger charge is -2.15. The Morgan fingerprint density at radius 2 is 2.05 bits per heavy atom. The number of benzene rings is 1. The molecule has 0 spiro atoms. The molecule has 112 valence electrons. The average Bonchev–Trinajstić information content (AvgIpc) is 2.45. The van der Waals surface area contributed by atoms with Gasteiger partial charge in [-0.3, -0.25) is 4.79 Å². The monoisotopic (exact) mass is 288 g/mol. The van der Waals surface area contributed by atoms with Crippen LogP contribution in [-0.4, -0.2) is 39.1 Å². The van der Waals surface area contributed by atoms with E-state index in [1.807, 2.05) is 0 Å². The molecule has 1 rings (SSSR count). The number of carbonyl (C=O) groups is 1. The first kappa shape index (κ1) is 16.2. The zero-order valence-corrected chi connectivity index (χ0v) is 11.4. The Morgan fingerprint density at radius 3 is 2.60 bits per heavy atom. The highest BCUT2D eigenvalue weighted by Crippen LogP contribution is 2.24. The van der Waals surface area contributed by atoms with Crippen molar-refractivity contribution in [2.45, 2.75) is 12.3 Å². The lowest BCUT2D eigenvalue weighted by molar-refractivity contribution is -0.122. The summed E-state index contributed by atoms with van der Waals surface area (Å²) in [6.45, 7) is -1.59. The molecule has 5 nitrogen and oxygen atoms in total. The van der Waals surface area contributed by atoms with Gasteiger partial charge in [0.25, 0.3) is 5.92 Å². The van der Waals surface area contributed by atoms with E-state index in [-0.39, 0.29) is 6.42 Å². The number of rotatable bonds is 7. The third-order valence-corrected chi connectivity index (χ3v) is 2.68. The number of alkyl halides is 2. The number of nitrogens with one attached hydrogen (secondary N) is 1. The molecule has 0 unspecified atom stereocenters. The molecule has 20 heavy (non-hydrogen) atoms. The first-order valence-electron chi connectivity index (χ1n) is 5.97. The van der Waals surface area contributed by atoms with Crippen molar-refractivity contribution in [1.29, 1.82) is 0 Å². The summed E-state index contributed by atoms with van der Waals surface area (Å²) in [5, 5.41) is 2.15. The molecule has 0 fully saturated rings. The third kappa shape index (κ3) is 4.65. The molecule has 0 saturated carbocycles. The van der Waals surface area contributed by atoms with Gasteiger partial charge in [0, 0.05) is 5.56 Å². The molecular formula is C13H18F2N2O3. The molecular weight excluding hydrogens is 270 g/mol. The molecule has 0 bridgehead atoms. The Kier molecular flexibility index (Phi) is 5.69.